The molecule has 0 aliphatic carbocycles. The van der Waals surface area contributed by atoms with Crippen molar-refractivity contribution in [3.8, 4) is 0 Å². The second-order valence-corrected chi connectivity index (χ2v) is 6.88. The molecule has 2 rings (SSSR count). The molecule has 5 nitrogen and oxygen atoms in total. The molecule has 1 N–H and O–H groups in total. The van der Waals surface area contributed by atoms with Crippen LogP contribution in [0.15, 0.2) is 16.7 Å². The summed E-state index contributed by atoms with van der Waals surface area (Å²) in [4.78, 5) is 2.17. The standard InChI is InChI=1S/C12H20N2O3S/c1-2-13-9-12-11(3-6-17-12)10-14-4-7-18(15,16)8-5-14/h3,6,13H,2,4-5,7-10H2,1H3. The quantitative estimate of drug-likeness (QED) is 0.851. The maximum absolute atomic E-state index is 11.4. The fourth-order valence-corrected chi connectivity index (χ4v) is 3.33. The van der Waals surface area contributed by atoms with Crippen molar-refractivity contribution < 1.29 is 12.8 Å². The van der Waals surface area contributed by atoms with Gasteiger partial charge in [-0.05, 0) is 12.6 Å². The summed E-state index contributed by atoms with van der Waals surface area (Å²) < 4.78 is 28.1. The first-order chi connectivity index (χ1) is 8.61. The highest BCUT2D eigenvalue weighted by atomic mass is 32.2. The molecule has 0 bridgehead atoms. The maximum atomic E-state index is 11.4. The zero-order valence-corrected chi connectivity index (χ0v) is 11.5. The number of rotatable bonds is 5. The second-order valence-electron chi connectivity index (χ2n) is 4.58. The molecule has 1 aliphatic heterocycles. The van der Waals surface area contributed by atoms with Gasteiger partial charge < -0.3 is 9.73 Å². The Morgan fingerprint density at radius 2 is 2.11 bits per heavy atom. The average Bonchev–Trinajstić information content (AvgIpc) is 2.77. The van der Waals surface area contributed by atoms with Crippen molar-refractivity contribution in [2.45, 2.75) is 20.0 Å². The second kappa shape index (κ2) is 5.86. The summed E-state index contributed by atoms with van der Waals surface area (Å²) in [5.41, 5.74) is 1.15. The summed E-state index contributed by atoms with van der Waals surface area (Å²) in [6.45, 7) is 5.69. The molecule has 6 heteroatoms. The Bertz CT molecular complexity index is 467. The van der Waals surface area contributed by atoms with Crippen molar-refractivity contribution >= 4 is 9.84 Å². The first-order valence-corrected chi connectivity index (χ1v) is 8.11. The Labute approximate surface area is 108 Å². The van der Waals surface area contributed by atoms with Gasteiger partial charge in [0.05, 0.1) is 24.3 Å². The largest absolute Gasteiger partial charge is 0.468 e. The van der Waals surface area contributed by atoms with Gasteiger partial charge in [-0.15, -0.1) is 0 Å². The average molecular weight is 272 g/mol. The molecule has 1 aromatic heterocycles. The van der Waals surface area contributed by atoms with E-state index in [1.54, 1.807) is 6.26 Å². The highest BCUT2D eigenvalue weighted by molar-refractivity contribution is 7.91. The highest BCUT2D eigenvalue weighted by Crippen LogP contribution is 2.15. The summed E-state index contributed by atoms with van der Waals surface area (Å²) in [6, 6.07) is 1.97. The van der Waals surface area contributed by atoms with Gasteiger partial charge in [-0.3, -0.25) is 4.90 Å². The Hall–Kier alpha value is -0.850. The first-order valence-electron chi connectivity index (χ1n) is 6.29. The molecule has 1 aromatic rings. The minimum absolute atomic E-state index is 0.271. The highest BCUT2D eigenvalue weighted by Gasteiger charge is 2.22. The zero-order chi connectivity index (χ0) is 13.0. The van der Waals surface area contributed by atoms with Crippen LogP contribution in [0.4, 0.5) is 0 Å². The van der Waals surface area contributed by atoms with Crippen LogP contribution in [0.1, 0.15) is 18.2 Å². The van der Waals surface area contributed by atoms with Crippen molar-refractivity contribution in [2.24, 2.45) is 0 Å². The molecular weight excluding hydrogens is 252 g/mol. The molecule has 0 radical (unpaired) electrons. The molecule has 2 heterocycles. The van der Waals surface area contributed by atoms with E-state index >= 15 is 0 Å². The molecule has 1 fully saturated rings. The van der Waals surface area contributed by atoms with E-state index in [0.29, 0.717) is 13.1 Å². The van der Waals surface area contributed by atoms with Gasteiger partial charge in [0.15, 0.2) is 9.84 Å². The molecule has 0 amide bonds. The Kier molecular flexibility index (Phi) is 4.42. The van der Waals surface area contributed by atoms with E-state index in [0.717, 1.165) is 31.0 Å². The van der Waals surface area contributed by atoms with Gasteiger partial charge >= 0.3 is 0 Å². The van der Waals surface area contributed by atoms with Gasteiger partial charge in [0.25, 0.3) is 0 Å². The van der Waals surface area contributed by atoms with Gasteiger partial charge in [-0.25, -0.2) is 8.42 Å². The number of sulfone groups is 1. The lowest BCUT2D eigenvalue weighted by Crippen LogP contribution is -2.39. The summed E-state index contributed by atoms with van der Waals surface area (Å²) in [5.74, 6) is 1.49. The van der Waals surface area contributed by atoms with Gasteiger partial charge in [0.1, 0.15) is 5.76 Å². The maximum Gasteiger partial charge on any atom is 0.152 e. The van der Waals surface area contributed by atoms with Crippen molar-refractivity contribution in [1.82, 2.24) is 10.2 Å². The van der Waals surface area contributed by atoms with Gasteiger partial charge in [0, 0.05) is 25.2 Å². The van der Waals surface area contributed by atoms with Crippen molar-refractivity contribution in [1.29, 1.82) is 0 Å². The van der Waals surface area contributed by atoms with E-state index in [2.05, 4.69) is 17.1 Å². The third kappa shape index (κ3) is 3.57. The van der Waals surface area contributed by atoms with Crippen LogP contribution >= 0.6 is 0 Å². The van der Waals surface area contributed by atoms with Gasteiger partial charge in [-0.1, -0.05) is 6.92 Å². The lowest BCUT2D eigenvalue weighted by molar-refractivity contribution is 0.284. The van der Waals surface area contributed by atoms with Crippen molar-refractivity contribution in [3.63, 3.8) is 0 Å². The van der Waals surface area contributed by atoms with E-state index in [1.165, 1.54) is 0 Å². The zero-order valence-electron chi connectivity index (χ0n) is 10.7. The minimum Gasteiger partial charge on any atom is -0.468 e. The number of hydrogen-bond donors (Lipinski definition) is 1. The minimum atomic E-state index is -2.80. The van der Waals surface area contributed by atoms with Crippen LogP contribution in [-0.2, 0) is 22.9 Å². The molecule has 1 aliphatic rings. The number of nitrogens with one attached hydrogen (secondary N) is 1. The van der Waals surface area contributed by atoms with E-state index in [9.17, 15) is 8.42 Å². The summed E-state index contributed by atoms with van der Waals surface area (Å²) in [6.07, 6.45) is 1.70. The van der Waals surface area contributed by atoms with Crippen LogP contribution < -0.4 is 5.32 Å². The third-order valence-electron chi connectivity index (χ3n) is 3.20. The Balaban J connectivity index is 1.92. The predicted octanol–water partition coefficient (Wildman–Crippen LogP) is 0.620. The SMILES string of the molecule is CCNCc1occc1CN1CCS(=O)(=O)CC1. The predicted molar refractivity (Wildman–Crippen MR) is 70.0 cm³/mol. The van der Waals surface area contributed by atoms with Crippen molar-refractivity contribution in [2.75, 3.05) is 31.1 Å². The molecular formula is C12H20N2O3S. The molecule has 0 unspecified atom stereocenters. The van der Waals surface area contributed by atoms with Crippen LogP contribution in [0.25, 0.3) is 0 Å². The summed E-state index contributed by atoms with van der Waals surface area (Å²) in [7, 11) is -2.80. The molecule has 102 valence electrons. The first kappa shape index (κ1) is 13.6. The van der Waals surface area contributed by atoms with Gasteiger partial charge in [-0.2, -0.15) is 0 Å². The van der Waals surface area contributed by atoms with E-state index in [1.807, 2.05) is 6.07 Å². The number of hydrogen-bond acceptors (Lipinski definition) is 5. The molecule has 0 atom stereocenters. The lowest BCUT2D eigenvalue weighted by atomic mass is 10.2. The smallest absolute Gasteiger partial charge is 0.152 e. The summed E-state index contributed by atoms with van der Waals surface area (Å²) in [5, 5.41) is 3.23. The molecule has 0 aromatic carbocycles. The fraction of sp³-hybridized carbons (Fsp3) is 0.667. The summed E-state index contributed by atoms with van der Waals surface area (Å²) >= 11 is 0. The van der Waals surface area contributed by atoms with Crippen LogP contribution in [0.3, 0.4) is 0 Å². The van der Waals surface area contributed by atoms with Crippen LogP contribution in [0, 0.1) is 0 Å². The van der Waals surface area contributed by atoms with E-state index in [-0.39, 0.29) is 11.5 Å². The van der Waals surface area contributed by atoms with Gasteiger partial charge in [0.2, 0.25) is 0 Å². The van der Waals surface area contributed by atoms with E-state index in [4.69, 9.17) is 4.42 Å². The number of nitrogens with zero attached hydrogens (tertiary/aromatic N) is 1. The normalized spacial score (nSPS) is 20.1. The van der Waals surface area contributed by atoms with Crippen LogP contribution in [-0.4, -0.2) is 44.5 Å². The molecule has 0 spiro atoms. The molecule has 0 saturated carbocycles. The third-order valence-corrected chi connectivity index (χ3v) is 4.81. The number of furan rings is 1. The lowest BCUT2D eigenvalue weighted by Gasteiger charge is -2.26. The fourth-order valence-electron chi connectivity index (χ4n) is 2.05. The van der Waals surface area contributed by atoms with Crippen LogP contribution in [0.2, 0.25) is 0 Å². The topological polar surface area (TPSA) is 62.6 Å². The Morgan fingerprint density at radius 1 is 1.39 bits per heavy atom. The van der Waals surface area contributed by atoms with Crippen molar-refractivity contribution in [3.05, 3.63) is 23.7 Å². The Morgan fingerprint density at radius 3 is 2.78 bits per heavy atom. The molecule has 18 heavy (non-hydrogen) atoms. The van der Waals surface area contributed by atoms with Crippen LogP contribution in [0.5, 0.6) is 0 Å². The van der Waals surface area contributed by atoms with E-state index < -0.39 is 9.84 Å². The monoisotopic (exact) mass is 272 g/mol. The molecule has 1 saturated heterocycles.